The number of nitriles is 1. The van der Waals surface area contributed by atoms with Crippen LogP contribution >= 0.6 is 0 Å². The number of nitrogens with zero attached hydrogens (tertiary/aromatic N) is 4. The van der Waals surface area contributed by atoms with E-state index in [-0.39, 0.29) is 0 Å². The van der Waals surface area contributed by atoms with Crippen LogP contribution < -0.4 is 0 Å². The van der Waals surface area contributed by atoms with Gasteiger partial charge in [0.05, 0.1) is 34.1 Å². The number of aromatic nitrogens is 3. The molecule has 2 heterocycles. The second-order valence-corrected chi connectivity index (χ2v) is 14.5. The minimum Gasteiger partial charge on any atom is -0.309 e. The maximum absolute atomic E-state index is 9.27. The lowest BCUT2D eigenvalue weighted by Gasteiger charge is -2.12. The molecular formula is C53H32N4. The third-order valence-corrected chi connectivity index (χ3v) is 11.2. The molecular weight excluding hydrogens is 693 g/mol. The van der Waals surface area contributed by atoms with Gasteiger partial charge in [-0.2, -0.15) is 5.26 Å². The molecule has 11 rings (SSSR count). The summed E-state index contributed by atoms with van der Waals surface area (Å²) < 4.78 is 2.40. The molecule has 0 saturated carbocycles. The van der Waals surface area contributed by atoms with Crippen LogP contribution in [0, 0.1) is 11.3 Å². The first-order chi connectivity index (χ1) is 28.2. The molecule has 4 nitrogen and oxygen atoms in total. The first-order valence-electron chi connectivity index (χ1n) is 19.1. The van der Waals surface area contributed by atoms with Crippen molar-refractivity contribution in [3.8, 4) is 56.8 Å². The van der Waals surface area contributed by atoms with Gasteiger partial charge in [-0.15, -0.1) is 0 Å². The van der Waals surface area contributed by atoms with Crippen LogP contribution in [0.5, 0.6) is 0 Å². The fraction of sp³-hybridized carbons (Fsp3) is 0. The highest BCUT2D eigenvalue weighted by Gasteiger charge is 2.20. The van der Waals surface area contributed by atoms with Gasteiger partial charge in [-0.3, -0.25) is 0 Å². The molecule has 0 atom stereocenters. The number of fused-ring (bicyclic) bond motifs is 10. The van der Waals surface area contributed by atoms with E-state index in [0.717, 1.165) is 55.9 Å². The van der Waals surface area contributed by atoms with Crippen molar-refractivity contribution in [1.29, 1.82) is 5.26 Å². The summed E-state index contributed by atoms with van der Waals surface area (Å²) in [6.45, 7) is 0. The third-order valence-electron chi connectivity index (χ3n) is 11.2. The van der Waals surface area contributed by atoms with E-state index >= 15 is 0 Å². The van der Waals surface area contributed by atoms with Crippen molar-refractivity contribution in [2.45, 2.75) is 0 Å². The van der Waals surface area contributed by atoms with Crippen LogP contribution in [0.15, 0.2) is 194 Å². The first-order valence-corrected chi connectivity index (χ1v) is 19.1. The van der Waals surface area contributed by atoms with Crippen LogP contribution in [0.3, 0.4) is 0 Å². The van der Waals surface area contributed by atoms with Crippen LogP contribution in [0.1, 0.15) is 5.56 Å². The van der Waals surface area contributed by atoms with Gasteiger partial charge < -0.3 is 4.57 Å². The molecule has 2 aromatic heterocycles. The quantitative estimate of drug-likeness (QED) is 0.166. The molecule has 0 aliphatic rings. The number of hydrogen-bond acceptors (Lipinski definition) is 3. The van der Waals surface area contributed by atoms with Gasteiger partial charge in [0.15, 0.2) is 5.82 Å². The molecule has 0 aliphatic carbocycles. The van der Waals surface area contributed by atoms with Gasteiger partial charge in [0.1, 0.15) is 0 Å². The van der Waals surface area contributed by atoms with Crippen molar-refractivity contribution in [3.05, 3.63) is 200 Å². The monoisotopic (exact) mass is 724 g/mol. The van der Waals surface area contributed by atoms with E-state index in [1.165, 1.54) is 43.1 Å². The van der Waals surface area contributed by atoms with Crippen molar-refractivity contribution in [2.24, 2.45) is 0 Å². The van der Waals surface area contributed by atoms with Gasteiger partial charge in [0.25, 0.3) is 0 Å². The van der Waals surface area contributed by atoms with Crippen molar-refractivity contribution in [2.75, 3.05) is 0 Å². The molecule has 0 unspecified atom stereocenters. The third kappa shape index (κ3) is 5.37. The van der Waals surface area contributed by atoms with Gasteiger partial charge in [-0.05, 0) is 86.6 Å². The minimum absolute atomic E-state index is 0.645. The van der Waals surface area contributed by atoms with Gasteiger partial charge >= 0.3 is 0 Å². The second-order valence-electron chi connectivity index (χ2n) is 14.5. The normalized spacial score (nSPS) is 11.5. The Kier molecular flexibility index (Phi) is 7.52. The van der Waals surface area contributed by atoms with E-state index in [0.29, 0.717) is 11.4 Å². The highest BCUT2D eigenvalue weighted by Crippen LogP contribution is 2.44. The van der Waals surface area contributed by atoms with Crippen LogP contribution in [0.25, 0.3) is 105 Å². The lowest BCUT2D eigenvalue weighted by molar-refractivity contribution is 1.18. The number of hydrogen-bond donors (Lipinski definition) is 0. The molecule has 264 valence electrons. The zero-order valence-electron chi connectivity index (χ0n) is 30.8. The average molecular weight is 725 g/mol. The predicted molar refractivity (Wildman–Crippen MR) is 235 cm³/mol. The minimum atomic E-state index is 0.645. The van der Waals surface area contributed by atoms with Gasteiger partial charge in [-0.25, -0.2) is 9.97 Å². The summed E-state index contributed by atoms with van der Waals surface area (Å²) in [6, 6.07) is 70.3. The molecule has 57 heavy (non-hydrogen) atoms. The Balaban J connectivity index is 1.16. The van der Waals surface area contributed by atoms with E-state index < -0.39 is 0 Å². The van der Waals surface area contributed by atoms with Crippen LogP contribution in [0.4, 0.5) is 0 Å². The Morgan fingerprint density at radius 1 is 0.368 bits per heavy atom. The van der Waals surface area contributed by atoms with Crippen LogP contribution in [0.2, 0.25) is 0 Å². The molecule has 4 heteroatoms. The Morgan fingerprint density at radius 2 is 0.877 bits per heavy atom. The van der Waals surface area contributed by atoms with Crippen molar-refractivity contribution in [3.63, 3.8) is 0 Å². The molecule has 0 bridgehead atoms. The summed E-state index contributed by atoms with van der Waals surface area (Å²) in [7, 11) is 0. The summed E-state index contributed by atoms with van der Waals surface area (Å²) in [6.07, 6.45) is 0. The van der Waals surface area contributed by atoms with E-state index in [4.69, 9.17) is 9.97 Å². The summed E-state index contributed by atoms with van der Waals surface area (Å²) >= 11 is 0. The zero-order valence-corrected chi connectivity index (χ0v) is 30.8. The average Bonchev–Trinajstić information content (AvgIpc) is 3.63. The standard InChI is InChI=1S/C53H32N4/c54-33-34-19-21-35(22-20-34)36-23-25-38(26-24-36)53-55-47(37-11-3-1-4-12-37)32-48(56-53)39-27-29-49-46(31-39)52-50(57(49)40-13-5-2-6-14-40)30-28-45-43-17-8-7-15-41(43)42-16-9-10-18-44(42)51(45)52/h1-32H. The molecule has 0 radical (unpaired) electrons. The molecule has 0 fully saturated rings. The molecule has 11 aromatic rings. The fourth-order valence-corrected chi connectivity index (χ4v) is 8.55. The summed E-state index contributed by atoms with van der Waals surface area (Å²) in [5.41, 5.74) is 10.9. The highest BCUT2D eigenvalue weighted by atomic mass is 15.0. The lowest BCUT2D eigenvalue weighted by Crippen LogP contribution is -1.96. The molecule has 0 aliphatic heterocycles. The maximum atomic E-state index is 9.27. The van der Waals surface area contributed by atoms with Gasteiger partial charge in [0, 0.05) is 38.5 Å². The number of para-hydroxylation sites is 1. The summed E-state index contributed by atoms with van der Waals surface area (Å²) in [4.78, 5) is 10.4. The number of rotatable bonds is 5. The van der Waals surface area contributed by atoms with E-state index in [1.807, 2.05) is 42.5 Å². The summed E-state index contributed by atoms with van der Waals surface area (Å²) in [5.74, 6) is 0.660. The van der Waals surface area contributed by atoms with Crippen LogP contribution in [-0.2, 0) is 0 Å². The van der Waals surface area contributed by atoms with Crippen molar-refractivity contribution in [1.82, 2.24) is 14.5 Å². The predicted octanol–water partition coefficient (Wildman–Crippen LogP) is 13.6. The smallest absolute Gasteiger partial charge is 0.160 e. The van der Waals surface area contributed by atoms with E-state index in [1.54, 1.807) is 0 Å². The van der Waals surface area contributed by atoms with Gasteiger partial charge in [-0.1, -0.05) is 146 Å². The van der Waals surface area contributed by atoms with Crippen LogP contribution in [-0.4, -0.2) is 14.5 Å². The Hall–Kier alpha value is -7.87. The van der Waals surface area contributed by atoms with Crippen molar-refractivity contribution < 1.29 is 0 Å². The highest BCUT2D eigenvalue weighted by molar-refractivity contribution is 6.35. The largest absolute Gasteiger partial charge is 0.309 e. The molecule has 0 amide bonds. The lowest BCUT2D eigenvalue weighted by atomic mass is 9.91. The van der Waals surface area contributed by atoms with Gasteiger partial charge in [0.2, 0.25) is 0 Å². The number of benzene rings is 9. The second kappa shape index (κ2) is 13.2. The molecule has 9 aromatic carbocycles. The molecule has 0 N–H and O–H groups in total. The van der Waals surface area contributed by atoms with E-state index in [9.17, 15) is 5.26 Å². The Morgan fingerprint density at radius 3 is 1.54 bits per heavy atom. The fourth-order valence-electron chi connectivity index (χ4n) is 8.55. The first kappa shape index (κ1) is 32.6. The SMILES string of the molecule is N#Cc1ccc(-c2ccc(-c3nc(-c4ccccc4)cc(-c4ccc5c(c4)c4c6c7ccccc7c7ccccc7c6ccc4n5-c4ccccc4)n3)cc2)cc1. The Bertz CT molecular complexity index is 3340. The molecule has 0 saturated heterocycles. The zero-order chi connectivity index (χ0) is 37.9. The topological polar surface area (TPSA) is 54.5 Å². The molecule has 0 spiro atoms. The van der Waals surface area contributed by atoms with E-state index in [2.05, 4.69) is 162 Å². The van der Waals surface area contributed by atoms with Crippen molar-refractivity contribution >= 4 is 54.1 Å². The Labute approximate surface area is 329 Å². The summed E-state index contributed by atoms with van der Waals surface area (Å²) in [5, 5.41) is 19.2. The maximum Gasteiger partial charge on any atom is 0.160 e.